The molecule has 1 saturated heterocycles. The first-order valence-electron chi connectivity index (χ1n) is 10.6. The van der Waals surface area contributed by atoms with Crippen LogP contribution in [0.1, 0.15) is 10.9 Å². The van der Waals surface area contributed by atoms with Crippen molar-refractivity contribution in [2.45, 2.75) is 5.25 Å². The number of amides is 1. The maximum atomic E-state index is 12.7. The van der Waals surface area contributed by atoms with Gasteiger partial charge in [0, 0.05) is 24.2 Å². The minimum atomic E-state index is -0.417. The van der Waals surface area contributed by atoms with Crippen LogP contribution >= 0.6 is 11.8 Å². The van der Waals surface area contributed by atoms with Crippen LogP contribution in [0.15, 0.2) is 71.7 Å². The summed E-state index contributed by atoms with van der Waals surface area (Å²) in [5.74, 6) is 0.655. The fourth-order valence-electron chi connectivity index (χ4n) is 3.89. The summed E-state index contributed by atoms with van der Waals surface area (Å²) in [6, 6.07) is 22.0. The highest BCUT2D eigenvalue weighted by molar-refractivity contribution is 8.15. The molecule has 0 radical (unpaired) electrons. The van der Waals surface area contributed by atoms with Crippen molar-refractivity contribution in [2.24, 2.45) is 4.99 Å². The molecule has 5 rings (SSSR count). The van der Waals surface area contributed by atoms with Crippen LogP contribution < -0.4 is 4.74 Å². The summed E-state index contributed by atoms with van der Waals surface area (Å²) in [7, 11) is 1.68. The molecular formula is C25H23N3O3S. The van der Waals surface area contributed by atoms with Crippen molar-refractivity contribution >= 4 is 22.8 Å². The van der Waals surface area contributed by atoms with Crippen LogP contribution in [0.25, 0.3) is 22.4 Å². The van der Waals surface area contributed by atoms with Gasteiger partial charge in [-0.25, -0.2) is 0 Å². The van der Waals surface area contributed by atoms with E-state index in [0.717, 1.165) is 52.1 Å². The maximum absolute atomic E-state index is 12.7. The van der Waals surface area contributed by atoms with Crippen molar-refractivity contribution in [3.8, 4) is 28.1 Å². The summed E-state index contributed by atoms with van der Waals surface area (Å²) in [5.41, 5.74) is 4.59. The Morgan fingerprint density at radius 3 is 2.59 bits per heavy atom. The largest absolute Gasteiger partial charge is 0.496 e. The Labute approximate surface area is 191 Å². The zero-order valence-corrected chi connectivity index (χ0v) is 18.5. The minimum absolute atomic E-state index is 0.152. The molecule has 6 nitrogen and oxygen atoms in total. The zero-order chi connectivity index (χ0) is 21.9. The van der Waals surface area contributed by atoms with Gasteiger partial charge < -0.3 is 14.4 Å². The molecule has 3 aromatic rings. The van der Waals surface area contributed by atoms with Gasteiger partial charge in [0.1, 0.15) is 11.0 Å². The van der Waals surface area contributed by atoms with E-state index >= 15 is 0 Å². The number of methoxy groups -OCH3 is 1. The third-order valence-corrected chi connectivity index (χ3v) is 6.79. The molecule has 0 aliphatic carbocycles. The fourth-order valence-corrected chi connectivity index (χ4v) is 4.98. The molecule has 1 atom stereocenters. The first-order chi connectivity index (χ1) is 15.7. The van der Waals surface area contributed by atoms with E-state index in [1.165, 1.54) is 11.8 Å². The van der Waals surface area contributed by atoms with E-state index < -0.39 is 5.25 Å². The molecule has 0 saturated carbocycles. The van der Waals surface area contributed by atoms with E-state index in [2.05, 4.69) is 28.1 Å². The Morgan fingerprint density at radius 1 is 1.00 bits per heavy atom. The lowest BCUT2D eigenvalue weighted by Gasteiger charge is -2.27. The quantitative estimate of drug-likeness (QED) is 0.592. The monoisotopic (exact) mass is 445 g/mol. The van der Waals surface area contributed by atoms with Gasteiger partial charge >= 0.3 is 0 Å². The van der Waals surface area contributed by atoms with E-state index in [0.29, 0.717) is 13.2 Å². The van der Waals surface area contributed by atoms with Gasteiger partial charge in [-0.3, -0.25) is 9.78 Å². The van der Waals surface area contributed by atoms with E-state index in [9.17, 15) is 4.79 Å². The number of carbonyl (C=O) groups excluding carboxylic acids is 1. The summed E-state index contributed by atoms with van der Waals surface area (Å²) >= 11 is 1.48. The molecule has 162 valence electrons. The summed E-state index contributed by atoms with van der Waals surface area (Å²) in [6.07, 6.45) is 0. The van der Waals surface area contributed by atoms with Crippen molar-refractivity contribution in [3.63, 3.8) is 0 Å². The molecule has 0 N–H and O–H groups in total. The molecule has 2 aromatic carbocycles. The van der Waals surface area contributed by atoms with Crippen molar-refractivity contribution in [2.75, 3.05) is 33.4 Å². The molecule has 7 heteroatoms. The Kier molecular flexibility index (Phi) is 5.92. The van der Waals surface area contributed by atoms with Crippen molar-refractivity contribution in [1.82, 2.24) is 9.88 Å². The highest BCUT2D eigenvalue weighted by atomic mass is 32.2. The molecular weight excluding hydrogens is 422 g/mol. The Balaban J connectivity index is 1.43. The molecule has 2 aliphatic rings. The summed E-state index contributed by atoms with van der Waals surface area (Å²) in [6.45, 7) is 2.83. The number of nitrogens with zero attached hydrogens (tertiary/aromatic N) is 3. The number of carbonyl (C=O) groups is 1. The topological polar surface area (TPSA) is 64.0 Å². The first-order valence-corrected chi connectivity index (χ1v) is 11.4. The predicted octanol–water partition coefficient (Wildman–Crippen LogP) is 4.43. The van der Waals surface area contributed by atoms with Gasteiger partial charge in [-0.2, -0.15) is 4.99 Å². The lowest BCUT2D eigenvalue weighted by atomic mass is 10.00. The second-order valence-electron chi connectivity index (χ2n) is 7.56. The number of hydrogen-bond acceptors (Lipinski definition) is 6. The zero-order valence-electron chi connectivity index (χ0n) is 17.7. The van der Waals surface area contributed by atoms with Gasteiger partial charge in [0.05, 0.1) is 31.7 Å². The number of amidine groups is 1. The first kappa shape index (κ1) is 20.7. The molecule has 3 heterocycles. The van der Waals surface area contributed by atoms with Crippen LogP contribution in [0.2, 0.25) is 0 Å². The van der Waals surface area contributed by atoms with Crippen LogP contribution in [0.3, 0.4) is 0 Å². The van der Waals surface area contributed by atoms with Crippen LogP contribution in [-0.2, 0) is 9.53 Å². The lowest BCUT2D eigenvalue weighted by Crippen LogP contribution is -2.38. The predicted molar refractivity (Wildman–Crippen MR) is 127 cm³/mol. The van der Waals surface area contributed by atoms with Crippen molar-refractivity contribution in [3.05, 3.63) is 72.4 Å². The SMILES string of the molecule is COc1ccc(-c2cccc(C3SC(N4CCOCC4)=NC3=O)n2)cc1-c1ccccc1. The maximum Gasteiger partial charge on any atom is 0.267 e. The number of ether oxygens (including phenoxy) is 2. The van der Waals surface area contributed by atoms with Crippen LogP contribution in [-0.4, -0.2) is 54.4 Å². The average Bonchev–Trinajstić information content (AvgIpc) is 3.26. The third kappa shape index (κ3) is 4.13. The van der Waals surface area contributed by atoms with Gasteiger partial charge in [-0.15, -0.1) is 0 Å². The van der Waals surface area contributed by atoms with Gasteiger partial charge in [0.15, 0.2) is 5.17 Å². The van der Waals surface area contributed by atoms with Gasteiger partial charge in [-0.1, -0.05) is 48.2 Å². The molecule has 0 bridgehead atoms. The van der Waals surface area contributed by atoms with Crippen LogP contribution in [0.5, 0.6) is 5.75 Å². The number of aliphatic imine (C=N–C) groups is 1. The highest BCUT2D eigenvalue weighted by Gasteiger charge is 2.34. The lowest BCUT2D eigenvalue weighted by molar-refractivity contribution is -0.117. The van der Waals surface area contributed by atoms with Gasteiger partial charge in [0.2, 0.25) is 0 Å². The highest BCUT2D eigenvalue weighted by Crippen LogP contribution is 2.38. The normalized spacial score (nSPS) is 18.5. The number of rotatable bonds is 4. The Hall–Kier alpha value is -3.16. The van der Waals surface area contributed by atoms with Crippen molar-refractivity contribution < 1.29 is 14.3 Å². The molecule has 0 spiro atoms. The Bertz CT molecular complexity index is 1160. The number of thioether (sulfide) groups is 1. The second-order valence-corrected chi connectivity index (χ2v) is 8.63. The van der Waals surface area contributed by atoms with Gasteiger partial charge in [0.25, 0.3) is 5.91 Å². The van der Waals surface area contributed by atoms with Crippen molar-refractivity contribution in [1.29, 1.82) is 0 Å². The molecule has 1 unspecified atom stereocenters. The molecule has 1 amide bonds. The van der Waals surface area contributed by atoms with Gasteiger partial charge in [-0.05, 0) is 35.9 Å². The number of morpholine rings is 1. The van der Waals surface area contributed by atoms with Crippen LogP contribution in [0.4, 0.5) is 0 Å². The smallest absolute Gasteiger partial charge is 0.267 e. The number of aromatic nitrogens is 1. The Morgan fingerprint density at radius 2 is 1.81 bits per heavy atom. The van der Waals surface area contributed by atoms with E-state index in [4.69, 9.17) is 14.5 Å². The summed E-state index contributed by atoms with van der Waals surface area (Å²) in [4.78, 5) is 23.9. The number of hydrogen-bond donors (Lipinski definition) is 0. The van der Waals surface area contributed by atoms with E-state index in [1.807, 2.05) is 48.5 Å². The standard InChI is InChI=1S/C25H23N3O3S/c1-30-22-11-10-18(16-19(22)17-6-3-2-4-7-17)20-8-5-9-21(26-20)23-24(29)27-25(32-23)28-12-14-31-15-13-28/h2-11,16,23H,12-15H2,1H3. The number of pyridine rings is 1. The number of benzene rings is 2. The third-order valence-electron chi connectivity index (χ3n) is 5.55. The molecule has 1 fully saturated rings. The molecule has 1 aromatic heterocycles. The summed E-state index contributed by atoms with van der Waals surface area (Å²) in [5, 5.41) is 0.353. The second kappa shape index (κ2) is 9.14. The summed E-state index contributed by atoms with van der Waals surface area (Å²) < 4.78 is 11.0. The molecule has 32 heavy (non-hydrogen) atoms. The molecule has 2 aliphatic heterocycles. The minimum Gasteiger partial charge on any atom is -0.496 e. The van der Waals surface area contributed by atoms with Crippen LogP contribution in [0, 0.1) is 0 Å². The van der Waals surface area contributed by atoms with E-state index in [1.54, 1.807) is 7.11 Å². The average molecular weight is 446 g/mol. The van der Waals surface area contributed by atoms with E-state index in [-0.39, 0.29) is 5.91 Å². The fraction of sp³-hybridized carbons (Fsp3) is 0.240.